The molecular weight excluding hydrogens is 519 g/mol. The summed E-state index contributed by atoms with van der Waals surface area (Å²) in [4.78, 5) is 12.5. The molecule has 0 bridgehead atoms. The second-order valence-corrected chi connectivity index (χ2v) is 8.14. The van der Waals surface area contributed by atoms with E-state index >= 15 is 0 Å². The number of ether oxygens (including phenoxy) is 2. The lowest BCUT2D eigenvalue weighted by Gasteiger charge is -2.14. The number of methoxy groups -OCH3 is 1. The fraction of sp³-hybridized carbons (Fsp3) is 0.120. The topological polar surface area (TPSA) is 91.6 Å². The van der Waals surface area contributed by atoms with E-state index < -0.39 is 5.91 Å². The summed E-state index contributed by atoms with van der Waals surface area (Å²) in [5.74, 6) is 0.642. The predicted molar refractivity (Wildman–Crippen MR) is 132 cm³/mol. The summed E-state index contributed by atoms with van der Waals surface area (Å²) in [6.07, 6.45) is 1.49. The van der Waals surface area contributed by atoms with Gasteiger partial charge in [0.05, 0.1) is 10.7 Å². The first-order valence-electron chi connectivity index (χ1n) is 9.67. The maximum atomic E-state index is 12.5. The van der Waals surface area contributed by atoms with Gasteiger partial charge < -0.3 is 19.9 Å². The summed E-state index contributed by atoms with van der Waals surface area (Å²) in [6, 6.07) is 19.5. The van der Waals surface area contributed by atoms with Crippen LogP contribution in [0.4, 0.5) is 5.69 Å². The van der Waals surface area contributed by atoms with Gasteiger partial charge in [0, 0.05) is 5.69 Å². The van der Waals surface area contributed by atoms with Crippen molar-refractivity contribution in [3.05, 3.63) is 86.5 Å². The fourth-order valence-electron chi connectivity index (χ4n) is 2.98. The summed E-state index contributed by atoms with van der Waals surface area (Å²) in [5, 5.41) is 21.5. The summed E-state index contributed by atoms with van der Waals surface area (Å²) in [7, 11) is 1.54. The molecule has 0 heterocycles. The zero-order chi connectivity index (χ0) is 23.1. The monoisotopic (exact) mass is 540 g/mol. The van der Waals surface area contributed by atoms with Crippen LogP contribution in [0.5, 0.6) is 17.2 Å². The molecule has 1 amide bonds. The number of nitriles is 1. The van der Waals surface area contributed by atoms with E-state index in [1.165, 1.54) is 18.2 Å². The molecule has 0 spiro atoms. The summed E-state index contributed by atoms with van der Waals surface area (Å²) in [5.41, 5.74) is 3.24. The Morgan fingerprint density at radius 3 is 2.59 bits per heavy atom. The molecule has 3 aromatic rings. The van der Waals surface area contributed by atoms with Crippen LogP contribution in [0.1, 0.15) is 16.7 Å². The summed E-state index contributed by atoms with van der Waals surface area (Å²) in [6.45, 7) is 2.42. The molecule has 6 nitrogen and oxygen atoms in total. The molecular formula is C25H21IN2O4. The van der Waals surface area contributed by atoms with Crippen molar-refractivity contribution in [1.82, 2.24) is 0 Å². The highest BCUT2D eigenvalue weighted by atomic mass is 127. The van der Waals surface area contributed by atoms with Crippen LogP contribution in [0.25, 0.3) is 6.08 Å². The summed E-state index contributed by atoms with van der Waals surface area (Å²) >= 11 is 2.14. The normalized spacial score (nSPS) is 10.9. The van der Waals surface area contributed by atoms with Crippen LogP contribution in [0.2, 0.25) is 0 Å². The number of phenolic OH excluding ortho intramolecular Hbond substituents is 1. The Kier molecular flexibility index (Phi) is 7.73. The van der Waals surface area contributed by atoms with E-state index in [0.29, 0.717) is 29.4 Å². The van der Waals surface area contributed by atoms with Crippen LogP contribution >= 0.6 is 22.6 Å². The van der Waals surface area contributed by atoms with E-state index in [1.807, 2.05) is 37.3 Å². The maximum Gasteiger partial charge on any atom is 0.266 e. The van der Waals surface area contributed by atoms with Gasteiger partial charge >= 0.3 is 0 Å². The number of aryl methyl sites for hydroxylation is 1. The molecule has 3 rings (SSSR count). The van der Waals surface area contributed by atoms with Crippen molar-refractivity contribution in [2.45, 2.75) is 13.5 Å². The van der Waals surface area contributed by atoms with Crippen molar-refractivity contribution in [2.24, 2.45) is 0 Å². The van der Waals surface area contributed by atoms with E-state index in [2.05, 4.69) is 34.0 Å². The molecule has 0 aliphatic heterocycles. The van der Waals surface area contributed by atoms with Crippen LogP contribution in [0.15, 0.2) is 66.2 Å². The molecule has 0 aliphatic carbocycles. The lowest BCUT2D eigenvalue weighted by molar-refractivity contribution is -0.112. The highest BCUT2D eigenvalue weighted by molar-refractivity contribution is 14.1. The lowest BCUT2D eigenvalue weighted by atomic mass is 10.1. The number of carbonyl (C=O) groups excluding carboxylic acids is 1. The third kappa shape index (κ3) is 6.02. The number of carbonyl (C=O) groups is 1. The Morgan fingerprint density at radius 1 is 1.19 bits per heavy atom. The van der Waals surface area contributed by atoms with E-state index in [-0.39, 0.29) is 11.3 Å². The number of phenols is 1. The van der Waals surface area contributed by atoms with Gasteiger partial charge in [0.1, 0.15) is 24.0 Å². The Balaban J connectivity index is 1.81. The van der Waals surface area contributed by atoms with Crippen molar-refractivity contribution in [1.29, 1.82) is 5.26 Å². The lowest BCUT2D eigenvalue weighted by Crippen LogP contribution is -2.13. The van der Waals surface area contributed by atoms with E-state index in [9.17, 15) is 15.2 Å². The van der Waals surface area contributed by atoms with Gasteiger partial charge in [-0.1, -0.05) is 29.8 Å². The van der Waals surface area contributed by atoms with Crippen molar-refractivity contribution >= 4 is 40.3 Å². The first kappa shape index (κ1) is 23.2. The standard InChI is InChI=1S/C25H21IN2O4/c1-16-4-3-5-17(10-16)15-32-24-22(26)12-18(13-23(24)31-2)11-19(14-27)25(30)28-20-6-8-21(29)9-7-20/h3-13,29H,15H2,1-2H3,(H,28,30)/b19-11+. The number of aromatic hydroxyl groups is 1. The Hall–Kier alpha value is -3.51. The number of anilines is 1. The Labute approximate surface area is 200 Å². The number of rotatable bonds is 7. The number of halogens is 1. The third-order valence-electron chi connectivity index (χ3n) is 4.52. The minimum atomic E-state index is -0.549. The number of nitrogens with one attached hydrogen (secondary N) is 1. The minimum Gasteiger partial charge on any atom is -0.508 e. The molecule has 0 aromatic heterocycles. The molecule has 0 atom stereocenters. The van der Waals surface area contributed by atoms with E-state index in [0.717, 1.165) is 14.7 Å². The number of hydrogen-bond acceptors (Lipinski definition) is 5. The van der Waals surface area contributed by atoms with Crippen LogP contribution in [0.3, 0.4) is 0 Å². The van der Waals surface area contributed by atoms with Gasteiger partial charge in [0.25, 0.3) is 5.91 Å². The number of hydrogen-bond donors (Lipinski definition) is 2. The molecule has 3 aromatic carbocycles. The largest absolute Gasteiger partial charge is 0.508 e. The Morgan fingerprint density at radius 2 is 1.94 bits per heavy atom. The second-order valence-electron chi connectivity index (χ2n) is 6.98. The molecule has 0 saturated heterocycles. The van der Waals surface area contributed by atoms with Gasteiger partial charge in [0.2, 0.25) is 0 Å². The zero-order valence-corrected chi connectivity index (χ0v) is 19.7. The average molecular weight is 540 g/mol. The molecule has 0 aliphatic rings. The molecule has 0 saturated carbocycles. The quantitative estimate of drug-likeness (QED) is 0.180. The van der Waals surface area contributed by atoms with Gasteiger partial charge in [-0.05, 0) is 83.1 Å². The van der Waals surface area contributed by atoms with Crippen LogP contribution in [0, 0.1) is 21.8 Å². The number of benzene rings is 3. The number of nitrogens with zero attached hydrogens (tertiary/aromatic N) is 1. The highest BCUT2D eigenvalue weighted by Gasteiger charge is 2.14. The predicted octanol–water partition coefficient (Wildman–Crippen LogP) is 5.44. The highest BCUT2D eigenvalue weighted by Crippen LogP contribution is 2.35. The third-order valence-corrected chi connectivity index (χ3v) is 5.32. The zero-order valence-electron chi connectivity index (χ0n) is 17.6. The fourth-order valence-corrected chi connectivity index (χ4v) is 3.76. The van der Waals surface area contributed by atoms with Crippen LogP contribution in [-0.2, 0) is 11.4 Å². The second kappa shape index (κ2) is 10.7. The van der Waals surface area contributed by atoms with Crippen molar-refractivity contribution < 1.29 is 19.4 Å². The first-order chi connectivity index (χ1) is 15.4. The van der Waals surface area contributed by atoms with Gasteiger partial charge in [-0.15, -0.1) is 0 Å². The molecule has 0 unspecified atom stereocenters. The van der Waals surface area contributed by atoms with Crippen molar-refractivity contribution in [3.8, 4) is 23.3 Å². The summed E-state index contributed by atoms with van der Waals surface area (Å²) < 4.78 is 12.3. The SMILES string of the molecule is COc1cc(/C=C(\C#N)C(=O)Nc2ccc(O)cc2)cc(I)c1OCc1cccc(C)c1. The van der Waals surface area contributed by atoms with Gasteiger partial charge in [-0.3, -0.25) is 4.79 Å². The van der Waals surface area contributed by atoms with Crippen LogP contribution in [-0.4, -0.2) is 18.1 Å². The average Bonchev–Trinajstić information content (AvgIpc) is 2.77. The minimum absolute atomic E-state index is 0.0654. The van der Waals surface area contributed by atoms with Crippen molar-refractivity contribution in [3.63, 3.8) is 0 Å². The Bertz CT molecular complexity index is 1200. The maximum absolute atomic E-state index is 12.5. The number of amides is 1. The van der Waals surface area contributed by atoms with Crippen molar-refractivity contribution in [2.75, 3.05) is 12.4 Å². The molecule has 7 heteroatoms. The molecule has 2 N–H and O–H groups in total. The smallest absolute Gasteiger partial charge is 0.266 e. The molecule has 0 fully saturated rings. The van der Waals surface area contributed by atoms with Crippen LogP contribution < -0.4 is 14.8 Å². The van der Waals surface area contributed by atoms with Gasteiger partial charge in [0.15, 0.2) is 11.5 Å². The molecule has 162 valence electrons. The van der Waals surface area contributed by atoms with E-state index in [1.54, 1.807) is 25.3 Å². The van der Waals surface area contributed by atoms with Gasteiger partial charge in [-0.2, -0.15) is 5.26 Å². The first-order valence-corrected chi connectivity index (χ1v) is 10.8. The van der Waals surface area contributed by atoms with Gasteiger partial charge in [-0.25, -0.2) is 0 Å². The van der Waals surface area contributed by atoms with E-state index in [4.69, 9.17) is 9.47 Å². The molecule has 32 heavy (non-hydrogen) atoms. The molecule has 0 radical (unpaired) electrons.